The Hall–Kier alpha value is -3.55. The van der Waals surface area contributed by atoms with Gasteiger partial charge in [0.05, 0.1) is 18.6 Å². The van der Waals surface area contributed by atoms with Gasteiger partial charge in [-0.05, 0) is 49.4 Å². The molecule has 1 N–H and O–H groups in total. The molecule has 6 nitrogen and oxygen atoms in total. The molecule has 3 aromatic rings. The second kappa shape index (κ2) is 9.09. The minimum Gasteiger partial charge on any atom is -0.494 e. The van der Waals surface area contributed by atoms with Crippen molar-refractivity contribution in [2.24, 2.45) is 0 Å². The van der Waals surface area contributed by atoms with Crippen molar-refractivity contribution in [2.75, 3.05) is 13.2 Å². The molecule has 0 aliphatic heterocycles. The Kier molecular flexibility index (Phi) is 6.33. The van der Waals surface area contributed by atoms with E-state index in [9.17, 15) is 18.4 Å². The maximum Gasteiger partial charge on any atom is 0.253 e. The standard InChI is InChI=1S/C21H19F2N3O3/c1-2-29-16-6-3-14(4-7-16)19-12-20(27)26(13-25-19)10-9-24-21(28)15-5-8-17(22)18(23)11-15/h3-8,11-13H,2,9-10H2,1H3,(H,24,28). The second-order valence-corrected chi connectivity index (χ2v) is 6.15. The summed E-state index contributed by atoms with van der Waals surface area (Å²) in [5.74, 6) is -1.94. The molecule has 8 heteroatoms. The molecule has 0 bridgehead atoms. The number of carbonyl (C=O) groups excluding carboxylic acids is 1. The van der Waals surface area contributed by atoms with Crippen molar-refractivity contribution in [2.45, 2.75) is 13.5 Å². The first kappa shape index (κ1) is 20.2. The lowest BCUT2D eigenvalue weighted by Crippen LogP contribution is -2.30. The summed E-state index contributed by atoms with van der Waals surface area (Å²) in [6.07, 6.45) is 1.40. The van der Waals surface area contributed by atoms with Crippen LogP contribution in [0.1, 0.15) is 17.3 Å². The van der Waals surface area contributed by atoms with Gasteiger partial charge in [0.2, 0.25) is 0 Å². The molecular formula is C21H19F2N3O3. The third-order valence-electron chi connectivity index (χ3n) is 4.16. The Balaban J connectivity index is 1.61. The Morgan fingerprint density at radius 2 is 1.86 bits per heavy atom. The van der Waals surface area contributed by atoms with Crippen LogP contribution in [0.25, 0.3) is 11.3 Å². The number of ether oxygens (including phenoxy) is 1. The van der Waals surface area contributed by atoms with Crippen LogP contribution in [0.2, 0.25) is 0 Å². The van der Waals surface area contributed by atoms with E-state index in [-0.39, 0.29) is 24.2 Å². The summed E-state index contributed by atoms with van der Waals surface area (Å²) in [6, 6.07) is 11.6. The molecule has 0 unspecified atom stereocenters. The first-order valence-corrected chi connectivity index (χ1v) is 9.01. The molecule has 1 amide bonds. The average Bonchev–Trinajstić information content (AvgIpc) is 2.72. The molecule has 2 aromatic carbocycles. The van der Waals surface area contributed by atoms with Crippen LogP contribution in [-0.4, -0.2) is 28.6 Å². The molecule has 0 atom stereocenters. The Morgan fingerprint density at radius 3 is 2.52 bits per heavy atom. The molecule has 1 heterocycles. The fourth-order valence-electron chi connectivity index (χ4n) is 2.67. The van der Waals surface area contributed by atoms with Crippen molar-refractivity contribution < 1.29 is 18.3 Å². The van der Waals surface area contributed by atoms with E-state index in [2.05, 4.69) is 10.3 Å². The largest absolute Gasteiger partial charge is 0.494 e. The third-order valence-corrected chi connectivity index (χ3v) is 4.16. The summed E-state index contributed by atoms with van der Waals surface area (Å²) in [7, 11) is 0. The molecule has 3 rings (SSSR count). The van der Waals surface area contributed by atoms with E-state index < -0.39 is 17.5 Å². The molecule has 1 aromatic heterocycles. The van der Waals surface area contributed by atoms with Gasteiger partial charge in [-0.15, -0.1) is 0 Å². The Morgan fingerprint density at radius 1 is 1.10 bits per heavy atom. The average molecular weight is 399 g/mol. The van der Waals surface area contributed by atoms with Crippen LogP contribution in [0.4, 0.5) is 8.78 Å². The maximum atomic E-state index is 13.2. The summed E-state index contributed by atoms with van der Waals surface area (Å²) in [5.41, 5.74) is 1.04. The van der Waals surface area contributed by atoms with Crippen molar-refractivity contribution >= 4 is 5.91 Å². The van der Waals surface area contributed by atoms with Crippen LogP contribution in [0.3, 0.4) is 0 Å². The molecule has 0 aliphatic carbocycles. The minimum absolute atomic E-state index is 0.000203. The number of nitrogens with one attached hydrogen (secondary N) is 1. The number of hydrogen-bond acceptors (Lipinski definition) is 4. The van der Waals surface area contributed by atoms with Gasteiger partial charge in [-0.25, -0.2) is 13.8 Å². The lowest BCUT2D eigenvalue weighted by Gasteiger charge is -2.09. The highest BCUT2D eigenvalue weighted by molar-refractivity contribution is 5.94. The van der Waals surface area contributed by atoms with Gasteiger partial charge in [-0.1, -0.05) is 0 Å². The van der Waals surface area contributed by atoms with E-state index in [4.69, 9.17) is 4.74 Å². The summed E-state index contributed by atoms with van der Waals surface area (Å²) >= 11 is 0. The molecule has 0 spiro atoms. The molecule has 150 valence electrons. The quantitative estimate of drug-likeness (QED) is 0.663. The highest BCUT2D eigenvalue weighted by atomic mass is 19.2. The summed E-state index contributed by atoms with van der Waals surface area (Å²) in [5, 5.41) is 2.56. The van der Waals surface area contributed by atoms with Crippen LogP contribution < -0.4 is 15.6 Å². The van der Waals surface area contributed by atoms with E-state index in [1.165, 1.54) is 23.0 Å². The fourth-order valence-corrected chi connectivity index (χ4v) is 2.67. The van der Waals surface area contributed by atoms with Crippen molar-refractivity contribution in [1.82, 2.24) is 14.9 Å². The van der Waals surface area contributed by atoms with E-state index >= 15 is 0 Å². The van der Waals surface area contributed by atoms with Crippen molar-refractivity contribution in [3.05, 3.63) is 82.4 Å². The normalized spacial score (nSPS) is 10.6. The molecule has 0 aliphatic rings. The SMILES string of the molecule is CCOc1ccc(-c2cc(=O)n(CCNC(=O)c3ccc(F)c(F)c3)cn2)cc1. The predicted molar refractivity (Wildman–Crippen MR) is 104 cm³/mol. The summed E-state index contributed by atoms with van der Waals surface area (Å²) in [4.78, 5) is 28.6. The smallest absolute Gasteiger partial charge is 0.253 e. The Labute approximate surface area is 165 Å². The number of halogens is 2. The van der Waals surface area contributed by atoms with Gasteiger partial charge in [0.25, 0.3) is 11.5 Å². The first-order chi connectivity index (χ1) is 14.0. The first-order valence-electron chi connectivity index (χ1n) is 9.01. The Bertz CT molecular complexity index is 1070. The van der Waals surface area contributed by atoms with E-state index in [1.807, 2.05) is 19.1 Å². The summed E-state index contributed by atoms with van der Waals surface area (Å²) < 4.78 is 32.9. The monoisotopic (exact) mass is 399 g/mol. The van der Waals surface area contributed by atoms with Crippen LogP contribution in [-0.2, 0) is 6.54 Å². The van der Waals surface area contributed by atoms with Gasteiger partial charge in [-0.2, -0.15) is 0 Å². The van der Waals surface area contributed by atoms with Crippen LogP contribution in [0.15, 0.2) is 59.7 Å². The number of benzene rings is 2. The molecule has 0 fully saturated rings. The van der Waals surface area contributed by atoms with Crippen molar-refractivity contribution in [3.8, 4) is 17.0 Å². The highest BCUT2D eigenvalue weighted by Gasteiger charge is 2.10. The number of carbonyl (C=O) groups is 1. The number of nitrogens with zero attached hydrogens (tertiary/aromatic N) is 2. The fraction of sp³-hybridized carbons (Fsp3) is 0.190. The highest BCUT2D eigenvalue weighted by Crippen LogP contribution is 2.19. The number of hydrogen-bond donors (Lipinski definition) is 1. The lowest BCUT2D eigenvalue weighted by atomic mass is 10.1. The maximum absolute atomic E-state index is 13.2. The lowest BCUT2D eigenvalue weighted by molar-refractivity contribution is 0.0951. The zero-order valence-corrected chi connectivity index (χ0v) is 15.7. The topological polar surface area (TPSA) is 73.2 Å². The second-order valence-electron chi connectivity index (χ2n) is 6.15. The summed E-state index contributed by atoms with van der Waals surface area (Å²) in [6.45, 7) is 2.78. The predicted octanol–water partition coefficient (Wildman–Crippen LogP) is 3.02. The van der Waals surface area contributed by atoms with E-state index in [0.717, 1.165) is 23.4 Å². The van der Waals surface area contributed by atoms with Crippen LogP contribution >= 0.6 is 0 Å². The number of amides is 1. The molecular weight excluding hydrogens is 380 g/mol. The van der Waals surface area contributed by atoms with Gasteiger partial charge in [0.1, 0.15) is 5.75 Å². The third kappa shape index (κ3) is 5.04. The number of rotatable bonds is 7. The molecule has 0 radical (unpaired) electrons. The van der Waals surface area contributed by atoms with Crippen molar-refractivity contribution in [3.63, 3.8) is 0 Å². The van der Waals surface area contributed by atoms with Crippen LogP contribution in [0, 0.1) is 11.6 Å². The zero-order valence-electron chi connectivity index (χ0n) is 15.7. The van der Waals surface area contributed by atoms with Gasteiger partial charge < -0.3 is 10.1 Å². The molecule has 29 heavy (non-hydrogen) atoms. The van der Waals surface area contributed by atoms with Crippen molar-refractivity contribution in [1.29, 1.82) is 0 Å². The molecule has 0 saturated heterocycles. The number of aromatic nitrogens is 2. The zero-order chi connectivity index (χ0) is 20.8. The van der Waals surface area contributed by atoms with E-state index in [1.54, 1.807) is 12.1 Å². The van der Waals surface area contributed by atoms with Crippen LogP contribution in [0.5, 0.6) is 5.75 Å². The van der Waals surface area contributed by atoms with E-state index in [0.29, 0.717) is 12.3 Å². The molecule has 0 saturated carbocycles. The van der Waals surface area contributed by atoms with Gasteiger partial charge >= 0.3 is 0 Å². The minimum atomic E-state index is -1.09. The van der Waals surface area contributed by atoms with Gasteiger partial charge in [-0.3, -0.25) is 14.2 Å². The van der Waals surface area contributed by atoms with Gasteiger partial charge in [0, 0.05) is 30.3 Å². The van der Waals surface area contributed by atoms with Gasteiger partial charge in [0.15, 0.2) is 11.6 Å².